The number of piperazine rings is 1. The van der Waals surface area contributed by atoms with E-state index in [2.05, 4.69) is 11.4 Å². The van der Waals surface area contributed by atoms with Crippen molar-refractivity contribution in [3.05, 3.63) is 112 Å². The number of carbonyl (C=O) groups is 2. The summed E-state index contributed by atoms with van der Waals surface area (Å²) in [6, 6.07) is 24.5. The van der Waals surface area contributed by atoms with E-state index in [4.69, 9.17) is 11.6 Å². The number of hydrogen-bond donors (Lipinski definition) is 1. The number of benzene rings is 3. The lowest BCUT2D eigenvalue weighted by atomic mass is 9.78. The maximum atomic E-state index is 14.1. The summed E-state index contributed by atoms with van der Waals surface area (Å²) in [5.41, 5.74) is 3.89. The molecular weight excluding hydrogens is 434 g/mol. The second-order valence-electron chi connectivity index (χ2n) is 8.80. The SMILES string of the molecule is CC1=CC(=O)N2C(c3ccc(Cl)cc3)C(=O)N(Cc3ccccc3)C3Nc4ccccc4C132. The third-order valence-electron chi connectivity index (χ3n) is 7.05. The highest BCUT2D eigenvalue weighted by Crippen LogP contribution is 2.57. The van der Waals surface area contributed by atoms with Crippen LogP contribution in [0.15, 0.2) is 90.5 Å². The van der Waals surface area contributed by atoms with Gasteiger partial charge in [0.2, 0.25) is 5.91 Å². The Balaban J connectivity index is 1.58. The fraction of sp³-hybridized carbons (Fsp3) is 0.185. The van der Waals surface area contributed by atoms with Gasteiger partial charge in [0.05, 0.1) is 0 Å². The van der Waals surface area contributed by atoms with E-state index in [0.29, 0.717) is 11.6 Å². The van der Waals surface area contributed by atoms with Gasteiger partial charge in [0.25, 0.3) is 5.91 Å². The number of carbonyl (C=O) groups excluding carboxylic acids is 2. The molecule has 2 amide bonds. The van der Waals surface area contributed by atoms with E-state index in [0.717, 1.165) is 28.0 Å². The van der Waals surface area contributed by atoms with Crippen LogP contribution in [0.5, 0.6) is 0 Å². The Hall–Kier alpha value is -3.57. The van der Waals surface area contributed by atoms with Gasteiger partial charge in [-0.25, -0.2) is 0 Å². The lowest BCUT2D eigenvalue weighted by molar-refractivity contribution is -0.163. The van der Waals surface area contributed by atoms with E-state index in [-0.39, 0.29) is 11.8 Å². The highest BCUT2D eigenvalue weighted by atomic mass is 35.5. The van der Waals surface area contributed by atoms with Crippen LogP contribution in [0, 0.1) is 0 Å². The van der Waals surface area contributed by atoms with E-state index in [1.165, 1.54) is 0 Å². The molecule has 3 heterocycles. The summed E-state index contributed by atoms with van der Waals surface area (Å²) in [5, 5.41) is 4.17. The molecule has 3 aromatic rings. The van der Waals surface area contributed by atoms with Gasteiger partial charge in [-0.3, -0.25) is 9.59 Å². The topological polar surface area (TPSA) is 52.7 Å². The van der Waals surface area contributed by atoms with Crippen LogP contribution in [0.3, 0.4) is 0 Å². The van der Waals surface area contributed by atoms with Gasteiger partial charge in [-0.05, 0) is 41.8 Å². The van der Waals surface area contributed by atoms with E-state index >= 15 is 0 Å². The number of rotatable bonds is 3. The van der Waals surface area contributed by atoms with Crippen molar-refractivity contribution in [2.45, 2.75) is 31.2 Å². The van der Waals surface area contributed by atoms with Gasteiger partial charge in [-0.15, -0.1) is 0 Å². The first-order chi connectivity index (χ1) is 16.0. The normalized spacial score (nSPS) is 25.3. The van der Waals surface area contributed by atoms with E-state index in [1.807, 2.05) is 72.5 Å². The highest BCUT2D eigenvalue weighted by molar-refractivity contribution is 6.30. The summed E-state index contributed by atoms with van der Waals surface area (Å²) in [5.74, 6) is -0.262. The van der Waals surface area contributed by atoms with Crippen molar-refractivity contribution in [2.75, 3.05) is 5.32 Å². The Labute approximate surface area is 197 Å². The molecular formula is C27H22ClN3O2. The quantitative estimate of drug-likeness (QED) is 0.613. The minimum Gasteiger partial charge on any atom is -0.362 e. The van der Waals surface area contributed by atoms with Crippen LogP contribution < -0.4 is 5.32 Å². The first-order valence-corrected chi connectivity index (χ1v) is 11.4. The standard InChI is InChI=1S/C27H22ClN3O2/c1-17-15-23(32)31-24(19-11-13-20(28)14-12-19)25(33)30(16-18-7-3-2-4-8-18)26-27(17,31)21-9-5-6-10-22(21)29-26/h2-15,24,26,29H,16H2,1H3. The van der Waals surface area contributed by atoms with Crippen molar-refractivity contribution < 1.29 is 9.59 Å². The summed E-state index contributed by atoms with van der Waals surface area (Å²) < 4.78 is 0. The molecule has 3 aliphatic heterocycles. The fourth-order valence-corrected chi connectivity index (χ4v) is 5.80. The van der Waals surface area contributed by atoms with Crippen LogP contribution in [0.25, 0.3) is 0 Å². The maximum Gasteiger partial charge on any atom is 0.252 e. The molecule has 164 valence electrons. The van der Waals surface area contributed by atoms with Crippen LogP contribution in [-0.4, -0.2) is 27.8 Å². The number of nitrogens with zero attached hydrogens (tertiary/aromatic N) is 2. The molecule has 3 aliphatic rings. The van der Waals surface area contributed by atoms with Gasteiger partial charge in [0, 0.05) is 28.9 Å². The first kappa shape index (κ1) is 20.1. The number of amides is 2. The van der Waals surface area contributed by atoms with Gasteiger partial charge < -0.3 is 15.1 Å². The smallest absolute Gasteiger partial charge is 0.252 e. The van der Waals surface area contributed by atoms with Crippen LogP contribution in [-0.2, 0) is 21.7 Å². The van der Waals surface area contributed by atoms with E-state index in [1.54, 1.807) is 23.1 Å². The number of nitrogens with one attached hydrogen (secondary N) is 1. The van der Waals surface area contributed by atoms with Crippen molar-refractivity contribution in [2.24, 2.45) is 0 Å². The van der Waals surface area contributed by atoms with Crippen LogP contribution in [0.2, 0.25) is 5.02 Å². The molecule has 3 unspecified atom stereocenters. The van der Waals surface area contributed by atoms with Crippen molar-refractivity contribution in [1.29, 1.82) is 0 Å². The molecule has 1 spiro atoms. The second-order valence-corrected chi connectivity index (χ2v) is 9.24. The zero-order chi connectivity index (χ0) is 22.7. The number of hydrogen-bond acceptors (Lipinski definition) is 3. The summed E-state index contributed by atoms with van der Waals surface area (Å²) in [4.78, 5) is 31.3. The van der Waals surface area contributed by atoms with Crippen LogP contribution >= 0.6 is 11.6 Å². The molecule has 1 fully saturated rings. The van der Waals surface area contributed by atoms with Gasteiger partial charge >= 0.3 is 0 Å². The minimum atomic E-state index is -0.777. The van der Waals surface area contributed by atoms with Crippen molar-refractivity contribution >= 4 is 29.1 Å². The van der Waals surface area contributed by atoms with Crippen molar-refractivity contribution in [3.63, 3.8) is 0 Å². The van der Waals surface area contributed by atoms with E-state index in [9.17, 15) is 9.59 Å². The fourth-order valence-electron chi connectivity index (χ4n) is 5.67. The van der Waals surface area contributed by atoms with Crippen molar-refractivity contribution in [3.8, 4) is 0 Å². The Morgan fingerprint density at radius 1 is 0.939 bits per heavy atom. The third-order valence-corrected chi connectivity index (χ3v) is 7.30. The summed E-state index contributed by atoms with van der Waals surface area (Å²) >= 11 is 6.14. The van der Waals surface area contributed by atoms with Gasteiger partial charge in [-0.2, -0.15) is 0 Å². The molecule has 6 rings (SSSR count). The Kier molecular flexibility index (Phi) is 4.39. The molecule has 1 saturated heterocycles. The third kappa shape index (κ3) is 2.72. The Bertz CT molecular complexity index is 1300. The molecule has 0 radical (unpaired) electrons. The average molecular weight is 456 g/mol. The molecule has 0 saturated carbocycles. The Morgan fingerprint density at radius 3 is 2.39 bits per heavy atom. The highest BCUT2D eigenvalue weighted by Gasteiger charge is 2.65. The summed E-state index contributed by atoms with van der Waals surface area (Å²) in [7, 11) is 0. The molecule has 33 heavy (non-hydrogen) atoms. The molecule has 3 atom stereocenters. The first-order valence-electron chi connectivity index (χ1n) is 11.0. The largest absolute Gasteiger partial charge is 0.362 e. The second kappa shape index (κ2) is 7.22. The molecule has 3 aromatic carbocycles. The molecule has 0 aliphatic carbocycles. The monoisotopic (exact) mass is 455 g/mol. The predicted molar refractivity (Wildman–Crippen MR) is 127 cm³/mol. The van der Waals surface area contributed by atoms with Gasteiger partial charge in [0.15, 0.2) is 0 Å². The van der Waals surface area contributed by atoms with E-state index < -0.39 is 17.7 Å². The number of para-hydroxylation sites is 1. The molecule has 5 nitrogen and oxygen atoms in total. The maximum absolute atomic E-state index is 14.1. The number of anilines is 1. The summed E-state index contributed by atoms with van der Waals surface area (Å²) in [6.07, 6.45) is 1.27. The molecule has 1 N–H and O–H groups in total. The van der Waals surface area contributed by atoms with Gasteiger partial charge in [0.1, 0.15) is 17.7 Å². The lowest BCUT2D eigenvalue weighted by Gasteiger charge is -2.54. The van der Waals surface area contributed by atoms with Crippen LogP contribution in [0.4, 0.5) is 5.69 Å². The number of fused-ring (bicyclic) bond motifs is 1. The summed E-state index contributed by atoms with van der Waals surface area (Å²) in [6.45, 7) is 2.43. The zero-order valence-corrected chi connectivity index (χ0v) is 18.8. The minimum absolute atomic E-state index is 0.112. The zero-order valence-electron chi connectivity index (χ0n) is 18.0. The lowest BCUT2D eigenvalue weighted by Crippen LogP contribution is -2.68. The Morgan fingerprint density at radius 2 is 1.64 bits per heavy atom. The molecule has 0 aromatic heterocycles. The molecule has 6 heteroatoms. The average Bonchev–Trinajstić information content (AvgIpc) is 3.30. The van der Waals surface area contributed by atoms with Crippen molar-refractivity contribution in [1.82, 2.24) is 9.80 Å². The molecule has 0 bridgehead atoms. The predicted octanol–water partition coefficient (Wildman–Crippen LogP) is 4.86. The van der Waals surface area contributed by atoms with Crippen LogP contribution in [0.1, 0.15) is 29.7 Å². The van der Waals surface area contributed by atoms with Gasteiger partial charge in [-0.1, -0.05) is 72.3 Å². The number of halogens is 1.